The van der Waals surface area contributed by atoms with Crippen LogP contribution in [0.5, 0.6) is 0 Å². The summed E-state index contributed by atoms with van der Waals surface area (Å²) in [5, 5.41) is 7.00. The molecule has 0 aromatic rings. The molecule has 4 radical (unpaired) electrons. The van der Waals surface area contributed by atoms with Gasteiger partial charge in [-0.1, -0.05) is 22.3 Å². The molecule has 0 heterocycles. The molecule has 0 rings (SSSR count). The molecule has 0 spiro atoms. The van der Waals surface area contributed by atoms with E-state index in [1.807, 2.05) is 0 Å². The first-order valence-electron chi connectivity index (χ1n) is 1.09. The molecule has 0 atom stereocenters. The van der Waals surface area contributed by atoms with E-state index in [1.165, 1.54) is 16.2 Å². The number of hydrogen-bond donors (Lipinski definition) is 1. The van der Waals surface area contributed by atoms with E-state index in [0.29, 0.717) is 0 Å². The molecule has 9 heteroatoms. The van der Waals surface area contributed by atoms with Gasteiger partial charge in [-0.25, -0.2) is 0 Å². The first-order valence-corrected chi connectivity index (χ1v) is 2.38. The van der Waals surface area contributed by atoms with Gasteiger partial charge in [-0.05, 0) is 0 Å². The van der Waals surface area contributed by atoms with Gasteiger partial charge in [0.15, 0.2) is 0 Å². The molecule has 13 heavy (non-hydrogen) atoms. The minimum absolute atomic E-state index is 0. The molecule has 0 aliphatic carbocycles. The molecule has 0 unspecified atom stereocenters. The minimum atomic E-state index is -1.42. The Morgan fingerprint density at radius 1 is 0.923 bits per heavy atom. The van der Waals surface area contributed by atoms with Gasteiger partial charge in [0.25, 0.3) is 0 Å². The molecule has 0 aliphatic rings. The van der Waals surface area contributed by atoms with Gasteiger partial charge in [0.2, 0.25) is 0 Å². The van der Waals surface area contributed by atoms with Gasteiger partial charge in [0.1, 0.15) is 0 Å². The molecule has 0 aromatic heterocycles. The van der Waals surface area contributed by atoms with Crippen LogP contribution >= 0.6 is 0 Å². The van der Waals surface area contributed by atoms with Gasteiger partial charge in [-0.2, -0.15) is 0 Å². The van der Waals surface area contributed by atoms with E-state index < -0.39 is 9.29 Å². The van der Waals surface area contributed by atoms with Crippen LogP contribution in [0.2, 0.25) is 0 Å². The van der Waals surface area contributed by atoms with Gasteiger partial charge in [0.05, 0.1) is 0 Å². The van der Waals surface area contributed by atoms with Gasteiger partial charge in [-0.15, -0.1) is 0 Å². The summed E-state index contributed by atoms with van der Waals surface area (Å²) < 4.78 is 25.0. The Morgan fingerprint density at radius 2 is 0.923 bits per heavy atom. The number of aliphatic hydroxyl groups excluding tert-OH is 1. The molecule has 0 aliphatic heterocycles. The van der Waals surface area contributed by atoms with E-state index in [2.05, 4.69) is 0 Å². The van der Waals surface area contributed by atoms with E-state index in [0.717, 1.165) is 7.11 Å². The second kappa shape index (κ2) is 688. The average molecular weight is 246 g/mol. The maximum absolute atomic E-state index is 8.40. The first kappa shape index (κ1) is 103. The van der Waals surface area contributed by atoms with Crippen LogP contribution in [0.15, 0.2) is 0 Å². The molecule has 0 saturated carbocycles. The Hall–Kier alpha value is 0.562. The van der Waals surface area contributed by atoms with Crippen LogP contribution in [0.1, 0.15) is 22.3 Å². The van der Waals surface area contributed by atoms with Crippen molar-refractivity contribution in [2.24, 2.45) is 0 Å². The standard InChI is InChI=1S/CH4O.3CH4.2Al.O2Si.2H2O.O/c1-2;;;;;;1-3-2;;;/h2H,1H3;3*1H4;;;;2*1H2;. The maximum atomic E-state index is 8.40. The monoisotopic (exact) mass is 246 g/mol. The molecule has 0 amide bonds. The van der Waals surface area contributed by atoms with Crippen LogP contribution in [-0.4, -0.2) is 66.0 Å². The molecule has 82 valence electrons. The summed E-state index contributed by atoms with van der Waals surface area (Å²) in [4.78, 5) is 0. The summed E-state index contributed by atoms with van der Waals surface area (Å²) in [5.74, 6) is 0. The van der Waals surface area contributed by atoms with Crippen LogP contribution in [-0.2, 0) is 12.7 Å². The summed E-state index contributed by atoms with van der Waals surface area (Å²) >= 11 is 1.17. The summed E-state index contributed by atoms with van der Waals surface area (Å²) in [6.07, 6.45) is 0. The zero-order chi connectivity index (χ0) is 6.71. The molecule has 0 bridgehead atoms. The van der Waals surface area contributed by atoms with Crippen molar-refractivity contribution in [3.8, 4) is 0 Å². The summed E-state index contributed by atoms with van der Waals surface area (Å²) in [7, 11) is -0.417. The van der Waals surface area contributed by atoms with E-state index in [9.17, 15) is 0 Å². The zero-order valence-electron chi connectivity index (χ0n) is 5.33. The van der Waals surface area contributed by atoms with Crippen molar-refractivity contribution in [2.45, 2.75) is 22.3 Å². The quantitative estimate of drug-likeness (QED) is 0.513. The fourth-order valence-electron chi connectivity index (χ4n) is 0. The van der Waals surface area contributed by atoms with Gasteiger partial charge < -0.3 is 16.1 Å². The SMILES string of the molecule is C.C.C.CO.O.O.O=[Si]=O.[Al].[O]=[Al]. The molecule has 6 nitrogen and oxygen atoms in total. The molecule has 0 aromatic carbocycles. The van der Waals surface area contributed by atoms with Crippen molar-refractivity contribution in [1.29, 1.82) is 0 Å². The second-order valence-electron chi connectivity index (χ2n) is 0.0833. The van der Waals surface area contributed by atoms with Crippen LogP contribution in [0.3, 0.4) is 0 Å². The van der Waals surface area contributed by atoms with E-state index in [-0.39, 0.29) is 50.6 Å². The van der Waals surface area contributed by atoms with E-state index in [1.54, 1.807) is 0 Å². The van der Waals surface area contributed by atoms with E-state index >= 15 is 0 Å². The number of aliphatic hydroxyl groups is 1. The summed E-state index contributed by atoms with van der Waals surface area (Å²) in [5.41, 5.74) is 0. The third-order valence-electron chi connectivity index (χ3n) is 0. The fraction of sp³-hybridized carbons (Fsp3) is 1.00. The van der Waals surface area contributed by atoms with Crippen molar-refractivity contribution in [2.75, 3.05) is 7.11 Å². The predicted molar refractivity (Wildman–Crippen MR) is 54.9 cm³/mol. The van der Waals surface area contributed by atoms with Crippen LogP contribution < -0.4 is 0 Å². The zero-order valence-corrected chi connectivity index (χ0v) is 8.64. The number of hydrogen-bond acceptors (Lipinski definition) is 4. The van der Waals surface area contributed by atoms with Crippen LogP contribution in [0.25, 0.3) is 0 Å². The topological polar surface area (TPSA) is 134 Å². The van der Waals surface area contributed by atoms with Crippen LogP contribution in [0, 0.1) is 0 Å². The fourth-order valence-corrected chi connectivity index (χ4v) is 0. The third kappa shape index (κ3) is 4440. The molecular weight excluding hydrogens is 226 g/mol. The van der Waals surface area contributed by atoms with Gasteiger partial charge in [0, 0.05) is 24.5 Å². The number of rotatable bonds is 0. The van der Waals surface area contributed by atoms with Crippen molar-refractivity contribution in [3.05, 3.63) is 0 Å². The Morgan fingerprint density at radius 3 is 0.923 bits per heavy atom. The first-order chi connectivity index (χ1) is 3.41. The summed E-state index contributed by atoms with van der Waals surface area (Å²) in [6, 6.07) is 0. The van der Waals surface area contributed by atoms with Gasteiger partial charge in [-0.3, -0.25) is 8.92 Å². The Bertz CT molecular complexity index is 51.9. The molecule has 0 fully saturated rings. The van der Waals surface area contributed by atoms with Gasteiger partial charge >= 0.3 is 29.3 Å². The van der Waals surface area contributed by atoms with Crippen molar-refractivity contribution in [3.63, 3.8) is 0 Å². The van der Waals surface area contributed by atoms with Crippen molar-refractivity contribution >= 4 is 42.9 Å². The van der Waals surface area contributed by atoms with Crippen LogP contribution in [0.4, 0.5) is 0 Å². The average Bonchev–Trinajstić information content (AvgIpc) is 1.78. The second-order valence-corrected chi connectivity index (χ2v) is 0.250. The normalized spacial score (nSPS) is 1.31. The van der Waals surface area contributed by atoms with E-state index in [4.69, 9.17) is 17.8 Å². The Labute approximate surface area is 101 Å². The Kier molecular flexibility index (Phi) is 5450. The van der Waals surface area contributed by atoms with Crippen molar-refractivity contribution < 1.29 is 28.8 Å². The third-order valence-corrected chi connectivity index (χ3v) is 0. The molecule has 5 N–H and O–H groups in total. The Balaban J connectivity index is -0.00000000218. The van der Waals surface area contributed by atoms with Crippen molar-refractivity contribution in [1.82, 2.24) is 0 Å². The molecular formula is C4H20Al2O6Si. The molecule has 0 saturated heterocycles. The predicted octanol–water partition coefficient (Wildman–Crippen LogP) is -1.63. The summed E-state index contributed by atoms with van der Waals surface area (Å²) in [6.45, 7) is 0.